The summed E-state index contributed by atoms with van der Waals surface area (Å²) in [4.78, 5) is 28.8. The summed E-state index contributed by atoms with van der Waals surface area (Å²) in [5, 5.41) is 3.81. The van der Waals surface area contributed by atoms with Crippen molar-refractivity contribution < 1.29 is 14.3 Å². The predicted octanol–water partition coefficient (Wildman–Crippen LogP) is 1.85. The highest BCUT2D eigenvalue weighted by molar-refractivity contribution is 7.08. The molecule has 2 aliphatic heterocycles. The molecule has 0 N–H and O–H groups in total. The number of likely N-dealkylation sites (tertiary alicyclic amines) is 2. The van der Waals surface area contributed by atoms with Gasteiger partial charge in [-0.25, -0.2) is 0 Å². The van der Waals surface area contributed by atoms with E-state index < -0.39 is 0 Å². The number of amides is 2. The molecule has 0 bridgehead atoms. The number of piperidine rings is 1. The summed E-state index contributed by atoms with van der Waals surface area (Å²) in [6, 6.07) is 1.87. The zero-order valence-corrected chi connectivity index (χ0v) is 13.7. The minimum absolute atomic E-state index is 0.0952. The average Bonchev–Trinajstić information content (AvgIpc) is 3.17. The molecule has 2 aliphatic rings. The molecule has 1 spiro atoms. The first-order chi connectivity index (χ1) is 10.7. The first kappa shape index (κ1) is 15.5. The Morgan fingerprint density at radius 3 is 2.68 bits per heavy atom. The lowest BCUT2D eigenvalue weighted by Crippen LogP contribution is -2.46. The van der Waals surface area contributed by atoms with Gasteiger partial charge in [-0.2, -0.15) is 11.3 Å². The van der Waals surface area contributed by atoms with Crippen molar-refractivity contribution in [3.05, 3.63) is 22.4 Å². The maximum Gasteiger partial charge on any atom is 0.254 e. The van der Waals surface area contributed by atoms with Gasteiger partial charge in [-0.05, 0) is 30.7 Å². The molecule has 0 atom stereocenters. The average molecular weight is 322 g/mol. The highest BCUT2D eigenvalue weighted by Gasteiger charge is 2.48. The fourth-order valence-corrected chi connectivity index (χ4v) is 4.11. The molecule has 3 rings (SSSR count). The van der Waals surface area contributed by atoms with Crippen LogP contribution in [0.2, 0.25) is 0 Å². The summed E-state index contributed by atoms with van der Waals surface area (Å²) < 4.78 is 5.07. The second-order valence-corrected chi connectivity index (χ2v) is 6.90. The van der Waals surface area contributed by atoms with E-state index in [1.165, 1.54) is 11.3 Å². The lowest BCUT2D eigenvalue weighted by molar-refractivity contribution is -0.138. The van der Waals surface area contributed by atoms with E-state index in [4.69, 9.17) is 4.74 Å². The van der Waals surface area contributed by atoms with Crippen molar-refractivity contribution in [1.82, 2.24) is 9.80 Å². The minimum atomic E-state index is -0.237. The van der Waals surface area contributed by atoms with Gasteiger partial charge in [0.1, 0.15) is 0 Å². The smallest absolute Gasteiger partial charge is 0.254 e. The van der Waals surface area contributed by atoms with Gasteiger partial charge in [0.15, 0.2) is 0 Å². The van der Waals surface area contributed by atoms with Crippen molar-refractivity contribution in [2.24, 2.45) is 5.41 Å². The van der Waals surface area contributed by atoms with Crippen LogP contribution in [0.25, 0.3) is 0 Å². The SMILES string of the molecule is COCCN1CCC2(CCN(C(=O)c3ccsc3)CC2)C1=O. The first-order valence-electron chi connectivity index (χ1n) is 7.76. The van der Waals surface area contributed by atoms with Gasteiger partial charge >= 0.3 is 0 Å². The molecule has 2 amide bonds. The molecule has 1 aromatic rings. The Morgan fingerprint density at radius 1 is 1.32 bits per heavy atom. The number of hydrogen-bond acceptors (Lipinski definition) is 4. The van der Waals surface area contributed by atoms with Crippen molar-refractivity contribution in [2.75, 3.05) is 39.9 Å². The van der Waals surface area contributed by atoms with Crippen LogP contribution in [0.15, 0.2) is 16.8 Å². The Bertz CT molecular complexity index is 536. The molecule has 120 valence electrons. The van der Waals surface area contributed by atoms with Crippen LogP contribution in [0, 0.1) is 5.41 Å². The molecule has 0 saturated carbocycles. The molecule has 6 heteroatoms. The van der Waals surface area contributed by atoms with Crippen LogP contribution < -0.4 is 0 Å². The van der Waals surface area contributed by atoms with Gasteiger partial charge in [0.2, 0.25) is 5.91 Å². The number of hydrogen-bond donors (Lipinski definition) is 0. The molecule has 0 aliphatic carbocycles. The summed E-state index contributed by atoms with van der Waals surface area (Å²) in [5.41, 5.74) is 0.527. The molecule has 2 saturated heterocycles. The Hall–Kier alpha value is -1.40. The first-order valence-corrected chi connectivity index (χ1v) is 8.70. The van der Waals surface area contributed by atoms with E-state index in [1.54, 1.807) is 7.11 Å². The van der Waals surface area contributed by atoms with Crippen LogP contribution in [-0.2, 0) is 9.53 Å². The van der Waals surface area contributed by atoms with Gasteiger partial charge < -0.3 is 14.5 Å². The second-order valence-electron chi connectivity index (χ2n) is 6.12. The van der Waals surface area contributed by atoms with Crippen LogP contribution in [0.5, 0.6) is 0 Å². The van der Waals surface area contributed by atoms with Crippen LogP contribution in [0.4, 0.5) is 0 Å². The van der Waals surface area contributed by atoms with Crippen LogP contribution >= 0.6 is 11.3 Å². The fraction of sp³-hybridized carbons (Fsp3) is 0.625. The van der Waals surface area contributed by atoms with Gasteiger partial charge in [0, 0.05) is 38.7 Å². The fourth-order valence-electron chi connectivity index (χ4n) is 3.48. The van der Waals surface area contributed by atoms with Crippen molar-refractivity contribution in [2.45, 2.75) is 19.3 Å². The molecule has 5 nitrogen and oxygen atoms in total. The van der Waals surface area contributed by atoms with Crippen molar-refractivity contribution in [1.29, 1.82) is 0 Å². The molecule has 1 aromatic heterocycles. The Balaban J connectivity index is 1.60. The molecular formula is C16H22N2O3S. The lowest BCUT2D eigenvalue weighted by Gasteiger charge is -2.37. The van der Waals surface area contributed by atoms with Gasteiger partial charge in [-0.15, -0.1) is 0 Å². The van der Waals surface area contributed by atoms with E-state index in [0.717, 1.165) is 31.4 Å². The number of rotatable bonds is 4. The number of nitrogens with zero attached hydrogens (tertiary/aromatic N) is 2. The molecule has 0 aromatic carbocycles. The molecule has 0 unspecified atom stereocenters. The largest absolute Gasteiger partial charge is 0.383 e. The van der Waals surface area contributed by atoms with Crippen LogP contribution in [-0.4, -0.2) is 61.5 Å². The van der Waals surface area contributed by atoms with E-state index >= 15 is 0 Å². The number of ether oxygens (including phenoxy) is 1. The van der Waals surface area contributed by atoms with Gasteiger partial charge in [0.05, 0.1) is 17.6 Å². The third-order valence-electron chi connectivity index (χ3n) is 4.94. The number of thiophene rings is 1. The topological polar surface area (TPSA) is 49.9 Å². The summed E-state index contributed by atoms with van der Waals surface area (Å²) in [6.07, 6.45) is 2.48. The highest BCUT2D eigenvalue weighted by Crippen LogP contribution is 2.41. The van der Waals surface area contributed by atoms with E-state index in [0.29, 0.717) is 26.2 Å². The molecule has 3 heterocycles. The second kappa shape index (κ2) is 6.38. The predicted molar refractivity (Wildman–Crippen MR) is 85.0 cm³/mol. The lowest BCUT2D eigenvalue weighted by atomic mass is 9.77. The van der Waals surface area contributed by atoms with E-state index in [-0.39, 0.29) is 17.2 Å². The summed E-state index contributed by atoms with van der Waals surface area (Å²) in [5.74, 6) is 0.352. The number of carbonyl (C=O) groups excluding carboxylic acids is 2. The third kappa shape index (κ3) is 2.77. The third-order valence-corrected chi connectivity index (χ3v) is 5.63. The van der Waals surface area contributed by atoms with Crippen molar-refractivity contribution in [3.8, 4) is 0 Å². The molecule has 2 fully saturated rings. The molecule has 0 radical (unpaired) electrons. The number of carbonyl (C=O) groups is 2. The summed E-state index contributed by atoms with van der Waals surface area (Å²) in [7, 11) is 1.66. The standard InChI is InChI=1S/C16H22N2O3S/c1-21-10-9-18-8-5-16(15(18)20)3-6-17(7-4-16)14(19)13-2-11-22-12-13/h2,11-12H,3-10H2,1H3. The van der Waals surface area contributed by atoms with E-state index in [1.807, 2.05) is 26.6 Å². The van der Waals surface area contributed by atoms with Crippen LogP contribution in [0.3, 0.4) is 0 Å². The zero-order valence-electron chi connectivity index (χ0n) is 12.9. The zero-order chi connectivity index (χ0) is 15.6. The van der Waals surface area contributed by atoms with Crippen molar-refractivity contribution >= 4 is 23.2 Å². The Labute approximate surface area is 134 Å². The minimum Gasteiger partial charge on any atom is -0.383 e. The summed E-state index contributed by atoms with van der Waals surface area (Å²) >= 11 is 1.54. The molecular weight excluding hydrogens is 300 g/mol. The summed E-state index contributed by atoms with van der Waals surface area (Å²) in [6.45, 7) is 3.44. The Morgan fingerprint density at radius 2 is 2.05 bits per heavy atom. The normalized spacial score (nSPS) is 20.9. The molecule has 22 heavy (non-hydrogen) atoms. The van der Waals surface area contributed by atoms with Gasteiger partial charge in [-0.3, -0.25) is 9.59 Å². The number of methoxy groups -OCH3 is 1. The van der Waals surface area contributed by atoms with E-state index in [2.05, 4.69) is 0 Å². The van der Waals surface area contributed by atoms with E-state index in [9.17, 15) is 9.59 Å². The van der Waals surface area contributed by atoms with Gasteiger partial charge in [-0.1, -0.05) is 0 Å². The quantitative estimate of drug-likeness (QED) is 0.850. The van der Waals surface area contributed by atoms with Gasteiger partial charge in [0.25, 0.3) is 5.91 Å². The Kier molecular flexibility index (Phi) is 4.49. The van der Waals surface area contributed by atoms with Crippen molar-refractivity contribution in [3.63, 3.8) is 0 Å². The monoisotopic (exact) mass is 322 g/mol. The van der Waals surface area contributed by atoms with Crippen LogP contribution in [0.1, 0.15) is 29.6 Å². The highest BCUT2D eigenvalue weighted by atomic mass is 32.1. The maximum absolute atomic E-state index is 12.7. The maximum atomic E-state index is 12.7.